The van der Waals surface area contributed by atoms with Crippen molar-refractivity contribution in [2.45, 2.75) is 25.9 Å². The summed E-state index contributed by atoms with van der Waals surface area (Å²) in [6.07, 6.45) is 1.30. The first kappa shape index (κ1) is 15.0. The van der Waals surface area contributed by atoms with Gasteiger partial charge < -0.3 is 14.9 Å². The molecule has 0 radical (unpaired) electrons. The molecule has 5 heteroatoms. The zero-order valence-corrected chi connectivity index (χ0v) is 12.9. The van der Waals surface area contributed by atoms with Crippen LogP contribution in [0.3, 0.4) is 0 Å². The van der Waals surface area contributed by atoms with Crippen LogP contribution in [0.4, 0.5) is 0 Å². The van der Waals surface area contributed by atoms with Crippen LogP contribution in [0.2, 0.25) is 0 Å². The summed E-state index contributed by atoms with van der Waals surface area (Å²) in [5.74, 6) is -0.0523. The Morgan fingerprint density at radius 1 is 1.09 bits per heavy atom. The number of aliphatic hydroxyl groups excluding tert-OH is 1. The molecule has 1 N–H and O–H groups in total. The molecule has 2 aliphatic heterocycles. The lowest BCUT2D eigenvalue weighted by molar-refractivity contribution is -0.147. The summed E-state index contributed by atoms with van der Waals surface area (Å²) < 4.78 is 0. The molecule has 2 aliphatic rings. The van der Waals surface area contributed by atoms with Crippen LogP contribution in [0.1, 0.15) is 28.8 Å². The number of nitrogens with zero attached hydrogens (tertiary/aromatic N) is 2. The lowest BCUT2D eigenvalue weighted by atomic mass is 9.94. The number of likely N-dealkylation sites (tertiary alicyclic amines) is 2. The largest absolute Gasteiger partial charge is 0.389 e. The molecule has 1 atom stereocenters. The molecule has 0 saturated carbocycles. The van der Waals surface area contributed by atoms with E-state index in [1.807, 2.05) is 31.2 Å². The zero-order chi connectivity index (χ0) is 15.7. The molecule has 3 rings (SSSR count). The molecule has 2 fully saturated rings. The standard InChI is InChI=1S/C17H22N2O3/c1-12-4-6-13(7-5-12)16(21)18-8-2-3-14(9-18)17(22)19-10-15(20)11-19/h4-7,14-15,20H,2-3,8-11H2,1H3. The number of benzene rings is 1. The number of aliphatic hydroxyl groups is 1. The van der Waals surface area contributed by atoms with Crippen molar-refractivity contribution >= 4 is 11.8 Å². The third kappa shape index (κ3) is 2.99. The van der Waals surface area contributed by atoms with Crippen LogP contribution in [-0.2, 0) is 4.79 Å². The molecule has 0 aromatic heterocycles. The highest BCUT2D eigenvalue weighted by Gasteiger charge is 2.36. The van der Waals surface area contributed by atoms with E-state index in [2.05, 4.69) is 0 Å². The van der Waals surface area contributed by atoms with Gasteiger partial charge in [-0.2, -0.15) is 0 Å². The monoisotopic (exact) mass is 302 g/mol. The molecule has 2 heterocycles. The third-order valence-corrected chi connectivity index (χ3v) is 4.53. The second kappa shape index (κ2) is 6.08. The van der Waals surface area contributed by atoms with Crippen LogP contribution in [0.5, 0.6) is 0 Å². The topological polar surface area (TPSA) is 60.9 Å². The number of piperidine rings is 1. The van der Waals surface area contributed by atoms with Gasteiger partial charge in [0.25, 0.3) is 5.91 Å². The van der Waals surface area contributed by atoms with Crippen LogP contribution < -0.4 is 0 Å². The fourth-order valence-corrected chi connectivity index (χ4v) is 3.14. The second-order valence-corrected chi connectivity index (χ2v) is 6.35. The van der Waals surface area contributed by atoms with Gasteiger partial charge in [-0.25, -0.2) is 0 Å². The molecule has 2 amide bonds. The maximum Gasteiger partial charge on any atom is 0.253 e. The van der Waals surface area contributed by atoms with E-state index in [1.54, 1.807) is 9.80 Å². The Hall–Kier alpha value is -1.88. The third-order valence-electron chi connectivity index (χ3n) is 4.53. The summed E-state index contributed by atoms with van der Waals surface area (Å²) in [7, 11) is 0. The highest BCUT2D eigenvalue weighted by molar-refractivity contribution is 5.94. The van der Waals surface area contributed by atoms with Crippen molar-refractivity contribution in [3.8, 4) is 0 Å². The smallest absolute Gasteiger partial charge is 0.253 e. The maximum atomic E-state index is 12.5. The summed E-state index contributed by atoms with van der Waals surface area (Å²) in [6, 6.07) is 7.55. The number of hydrogen-bond donors (Lipinski definition) is 1. The maximum absolute atomic E-state index is 12.5. The number of hydrogen-bond acceptors (Lipinski definition) is 3. The number of amides is 2. The molecule has 0 bridgehead atoms. The summed E-state index contributed by atoms with van der Waals surface area (Å²) in [5, 5.41) is 9.32. The minimum atomic E-state index is -0.377. The molecule has 118 valence electrons. The van der Waals surface area contributed by atoms with Crippen LogP contribution in [0.25, 0.3) is 0 Å². The Balaban J connectivity index is 1.63. The lowest BCUT2D eigenvalue weighted by Gasteiger charge is -2.40. The highest BCUT2D eigenvalue weighted by atomic mass is 16.3. The first-order valence-corrected chi connectivity index (χ1v) is 7.87. The minimum absolute atomic E-state index is 0.00106. The number of β-amino-alcohol motifs (C(OH)–C–C–N with tert-alkyl or cyclic N) is 1. The van der Waals surface area contributed by atoms with E-state index in [4.69, 9.17) is 0 Å². The minimum Gasteiger partial charge on any atom is -0.389 e. The second-order valence-electron chi connectivity index (χ2n) is 6.35. The molecule has 1 aromatic carbocycles. The average molecular weight is 302 g/mol. The van der Waals surface area contributed by atoms with Gasteiger partial charge in [0.15, 0.2) is 0 Å². The fraction of sp³-hybridized carbons (Fsp3) is 0.529. The van der Waals surface area contributed by atoms with E-state index in [1.165, 1.54) is 0 Å². The van der Waals surface area contributed by atoms with Crippen molar-refractivity contribution in [2.75, 3.05) is 26.2 Å². The molecule has 1 unspecified atom stereocenters. The van der Waals surface area contributed by atoms with Gasteiger partial charge in [0.05, 0.1) is 12.0 Å². The van der Waals surface area contributed by atoms with Gasteiger partial charge in [-0.05, 0) is 31.9 Å². The van der Waals surface area contributed by atoms with Gasteiger partial charge in [-0.15, -0.1) is 0 Å². The molecule has 1 aromatic rings. The van der Waals surface area contributed by atoms with E-state index in [-0.39, 0.29) is 23.8 Å². The Bertz CT molecular complexity index is 564. The summed E-state index contributed by atoms with van der Waals surface area (Å²) in [5.41, 5.74) is 1.80. The van der Waals surface area contributed by atoms with Gasteiger partial charge in [-0.3, -0.25) is 9.59 Å². The van der Waals surface area contributed by atoms with E-state index in [0.29, 0.717) is 31.7 Å². The van der Waals surface area contributed by atoms with Gasteiger partial charge in [0.2, 0.25) is 5.91 Å². The molecule has 22 heavy (non-hydrogen) atoms. The van der Waals surface area contributed by atoms with Crippen LogP contribution in [0.15, 0.2) is 24.3 Å². The van der Waals surface area contributed by atoms with Gasteiger partial charge in [0.1, 0.15) is 0 Å². The van der Waals surface area contributed by atoms with E-state index >= 15 is 0 Å². The number of aryl methyl sites for hydroxylation is 1. The van der Waals surface area contributed by atoms with Crippen molar-refractivity contribution in [2.24, 2.45) is 5.92 Å². The zero-order valence-electron chi connectivity index (χ0n) is 12.9. The Labute approximate surface area is 130 Å². The van der Waals surface area contributed by atoms with Crippen LogP contribution in [-0.4, -0.2) is 59.0 Å². The summed E-state index contributed by atoms with van der Waals surface area (Å²) in [4.78, 5) is 28.4. The van der Waals surface area contributed by atoms with Crippen molar-refractivity contribution in [1.29, 1.82) is 0 Å². The fourth-order valence-electron chi connectivity index (χ4n) is 3.14. The summed E-state index contributed by atoms with van der Waals surface area (Å²) in [6.45, 7) is 4.05. The molecule has 0 aliphatic carbocycles. The van der Waals surface area contributed by atoms with Crippen molar-refractivity contribution < 1.29 is 14.7 Å². The molecular formula is C17H22N2O3. The first-order chi connectivity index (χ1) is 10.5. The Morgan fingerprint density at radius 2 is 1.77 bits per heavy atom. The van der Waals surface area contributed by atoms with E-state index in [0.717, 1.165) is 18.4 Å². The van der Waals surface area contributed by atoms with Gasteiger partial charge >= 0.3 is 0 Å². The molecular weight excluding hydrogens is 280 g/mol. The predicted octanol–water partition coefficient (Wildman–Crippen LogP) is 1.05. The molecule has 2 saturated heterocycles. The van der Waals surface area contributed by atoms with E-state index < -0.39 is 0 Å². The SMILES string of the molecule is Cc1ccc(C(=O)N2CCCC(C(=O)N3CC(O)C3)C2)cc1. The normalized spacial score (nSPS) is 22.4. The first-order valence-electron chi connectivity index (χ1n) is 7.87. The van der Waals surface area contributed by atoms with E-state index in [9.17, 15) is 14.7 Å². The quantitative estimate of drug-likeness (QED) is 0.888. The molecule has 5 nitrogen and oxygen atoms in total. The Morgan fingerprint density at radius 3 is 2.41 bits per heavy atom. The van der Waals surface area contributed by atoms with Gasteiger partial charge in [0, 0.05) is 31.7 Å². The van der Waals surface area contributed by atoms with Gasteiger partial charge in [-0.1, -0.05) is 17.7 Å². The predicted molar refractivity (Wildman–Crippen MR) is 82.4 cm³/mol. The number of rotatable bonds is 2. The Kier molecular flexibility index (Phi) is 4.16. The lowest BCUT2D eigenvalue weighted by Crippen LogP contribution is -2.57. The van der Waals surface area contributed by atoms with Crippen molar-refractivity contribution in [3.05, 3.63) is 35.4 Å². The van der Waals surface area contributed by atoms with Crippen molar-refractivity contribution in [1.82, 2.24) is 9.80 Å². The van der Waals surface area contributed by atoms with Crippen LogP contribution in [0, 0.1) is 12.8 Å². The molecule has 0 spiro atoms. The van der Waals surface area contributed by atoms with Crippen molar-refractivity contribution in [3.63, 3.8) is 0 Å². The average Bonchev–Trinajstić information content (AvgIpc) is 2.51. The number of carbonyl (C=O) groups is 2. The highest BCUT2D eigenvalue weighted by Crippen LogP contribution is 2.23. The summed E-state index contributed by atoms with van der Waals surface area (Å²) >= 11 is 0. The van der Waals surface area contributed by atoms with Crippen LogP contribution >= 0.6 is 0 Å². The number of carbonyl (C=O) groups excluding carboxylic acids is 2.